The SMILES string of the molecule is OC(c1ccccc1I1OC(C(F)(F)F)(C(F)(F)F)c2ccccc21)(C(F)(F)F)C(F)(F)F. The summed E-state index contributed by atoms with van der Waals surface area (Å²) in [4.78, 5) is 0. The van der Waals surface area contributed by atoms with E-state index in [1.54, 1.807) is 0 Å². The van der Waals surface area contributed by atoms with Gasteiger partial charge in [0.05, 0.1) is 0 Å². The second kappa shape index (κ2) is 7.63. The number of aliphatic hydroxyl groups is 1. The Morgan fingerprint density at radius 3 is 1.52 bits per heavy atom. The average Bonchev–Trinajstić information content (AvgIpc) is 3.02. The van der Waals surface area contributed by atoms with Crippen molar-refractivity contribution in [1.82, 2.24) is 0 Å². The van der Waals surface area contributed by atoms with E-state index in [4.69, 9.17) is 0 Å². The molecule has 0 spiro atoms. The van der Waals surface area contributed by atoms with Crippen LogP contribution in [0.5, 0.6) is 0 Å². The molecule has 0 fully saturated rings. The quantitative estimate of drug-likeness (QED) is 0.299. The number of benzene rings is 2. The Kier molecular flexibility index (Phi) is 5.98. The predicted octanol–water partition coefficient (Wildman–Crippen LogP) is 6.81. The van der Waals surface area contributed by atoms with Crippen LogP contribution in [-0.4, -0.2) is 29.8 Å². The molecule has 0 atom stereocenters. The van der Waals surface area contributed by atoms with Gasteiger partial charge in [0, 0.05) is 0 Å². The van der Waals surface area contributed by atoms with Crippen LogP contribution < -0.4 is 0 Å². The van der Waals surface area contributed by atoms with Crippen molar-refractivity contribution in [2.75, 3.05) is 0 Å². The van der Waals surface area contributed by atoms with Crippen LogP contribution in [0.25, 0.3) is 0 Å². The van der Waals surface area contributed by atoms with Crippen molar-refractivity contribution in [3.8, 4) is 0 Å². The van der Waals surface area contributed by atoms with E-state index in [0.717, 1.165) is 24.3 Å². The molecular formula is C18H9F12IO2. The van der Waals surface area contributed by atoms with Crippen molar-refractivity contribution in [1.29, 1.82) is 0 Å². The molecule has 0 aromatic heterocycles. The maximum absolute atomic E-state index is 13.8. The number of hydrogen-bond acceptors (Lipinski definition) is 2. The summed E-state index contributed by atoms with van der Waals surface area (Å²) in [6.07, 6.45) is -25.1. The van der Waals surface area contributed by atoms with Crippen LogP contribution >= 0.6 is 20.2 Å². The molecule has 33 heavy (non-hydrogen) atoms. The third kappa shape index (κ3) is 3.66. The summed E-state index contributed by atoms with van der Waals surface area (Å²) in [5, 5.41) is 9.77. The molecule has 2 aromatic rings. The Bertz CT molecular complexity index is 1010. The number of hydrogen-bond donors (Lipinski definition) is 1. The summed E-state index contributed by atoms with van der Waals surface area (Å²) in [6.45, 7) is 0. The third-order valence-corrected chi connectivity index (χ3v) is 9.79. The van der Waals surface area contributed by atoms with E-state index < -0.39 is 74.4 Å². The first-order valence-electron chi connectivity index (χ1n) is 8.38. The Hall–Kier alpha value is -1.75. The molecule has 0 saturated carbocycles. The number of fused-ring (bicyclic) bond motifs is 1. The van der Waals surface area contributed by atoms with E-state index in [1.165, 1.54) is 0 Å². The molecule has 0 aliphatic carbocycles. The van der Waals surface area contributed by atoms with Crippen molar-refractivity contribution in [2.45, 2.75) is 35.9 Å². The van der Waals surface area contributed by atoms with Crippen molar-refractivity contribution in [3.05, 3.63) is 66.8 Å². The van der Waals surface area contributed by atoms with Crippen LogP contribution in [0.2, 0.25) is 0 Å². The second-order valence-electron chi connectivity index (χ2n) is 6.67. The topological polar surface area (TPSA) is 29.5 Å². The summed E-state index contributed by atoms with van der Waals surface area (Å²) in [5.41, 5.74) is -14.0. The minimum absolute atomic E-state index is 0.140. The molecular weight excluding hydrogens is 603 g/mol. The molecule has 2 nitrogen and oxygen atoms in total. The molecule has 1 aliphatic rings. The number of halogens is 13. The molecule has 184 valence electrons. The summed E-state index contributed by atoms with van der Waals surface area (Å²) in [7, 11) is 0. The van der Waals surface area contributed by atoms with E-state index in [-0.39, 0.29) is 6.07 Å². The van der Waals surface area contributed by atoms with Gasteiger partial charge in [-0.2, -0.15) is 0 Å². The molecule has 1 aliphatic heterocycles. The molecule has 0 radical (unpaired) electrons. The molecule has 15 heteroatoms. The van der Waals surface area contributed by atoms with Crippen molar-refractivity contribution < 1.29 is 60.9 Å². The fourth-order valence-electron chi connectivity index (χ4n) is 3.17. The monoisotopic (exact) mass is 612 g/mol. The van der Waals surface area contributed by atoms with E-state index in [2.05, 4.69) is 3.07 Å². The van der Waals surface area contributed by atoms with Gasteiger partial charge in [-0.25, -0.2) is 0 Å². The van der Waals surface area contributed by atoms with Gasteiger partial charge in [-0.1, -0.05) is 0 Å². The van der Waals surface area contributed by atoms with E-state index in [9.17, 15) is 57.8 Å². The van der Waals surface area contributed by atoms with Gasteiger partial charge < -0.3 is 0 Å². The Balaban J connectivity index is 2.36. The summed E-state index contributed by atoms with van der Waals surface area (Å²) >= 11 is -4.78. The van der Waals surface area contributed by atoms with Crippen LogP contribution in [0.1, 0.15) is 11.1 Å². The van der Waals surface area contributed by atoms with E-state index in [0.29, 0.717) is 18.2 Å². The summed E-state index contributed by atoms with van der Waals surface area (Å²) in [5.74, 6) is 0. The first-order valence-corrected chi connectivity index (χ1v) is 11.4. The summed E-state index contributed by atoms with van der Waals surface area (Å²) in [6, 6.07) is 4.95. The van der Waals surface area contributed by atoms with Gasteiger partial charge in [-0.15, -0.1) is 0 Å². The maximum atomic E-state index is 13.8. The van der Waals surface area contributed by atoms with Crippen LogP contribution in [0.3, 0.4) is 0 Å². The standard InChI is InChI=1S/C18H9F12IO2/c19-15(20,21)13(32,16(22,23)24)9-5-1-3-7-11(9)31-12-8-4-2-6-10(12)14(33-31,17(25,26)27)18(28,29)30/h1-8,32H. The minimum atomic E-state index is -6.41. The van der Waals surface area contributed by atoms with Gasteiger partial charge in [0.1, 0.15) is 0 Å². The van der Waals surface area contributed by atoms with Crippen molar-refractivity contribution >= 4 is 20.2 Å². The normalized spacial score (nSPS) is 18.4. The second-order valence-corrected chi connectivity index (χ2v) is 10.9. The van der Waals surface area contributed by atoms with Crippen LogP contribution in [-0.2, 0) is 14.3 Å². The number of alkyl halides is 12. The molecule has 0 amide bonds. The fourth-order valence-corrected chi connectivity index (χ4v) is 8.92. The van der Waals surface area contributed by atoms with Crippen LogP contribution in [0, 0.1) is 7.14 Å². The van der Waals surface area contributed by atoms with Gasteiger partial charge in [0.25, 0.3) is 0 Å². The molecule has 0 unspecified atom stereocenters. The molecule has 0 bridgehead atoms. The molecule has 2 aromatic carbocycles. The number of rotatable bonds is 2. The Morgan fingerprint density at radius 1 is 0.636 bits per heavy atom. The molecule has 1 heterocycles. The first kappa shape index (κ1) is 25.9. The molecule has 3 rings (SSSR count). The first-order chi connectivity index (χ1) is 14.8. The van der Waals surface area contributed by atoms with Crippen LogP contribution in [0.15, 0.2) is 48.5 Å². The molecule has 1 N–H and O–H groups in total. The zero-order chi connectivity index (χ0) is 25.3. The van der Waals surface area contributed by atoms with Crippen molar-refractivity contribution in [3.63, 3.8) is 0 Å². The van der Waals surface area contributed by atoms with Crippen LogP contribution in [0.4, 0.5) is 52.7 Å². The zero-order valence-corrected chi connectivity index (χ0v) is 17.5. The third-order valence-electron chi connectivity index (χ3n) is 4.70. The summed E-state index contributed by atoms with van der Waals surface area (Å²) < 4.78 is 166. The van der Waals surface area contributed by atoms with Crippen molar-refractivity contribution in [2.24, 2.45) is 0 Å². The predicted molar refractivity (Wildman–Crippen MR) is 95.2 cm³/mol. The Morgan fingerprint density at radius 2 is 1.06 bits per heavy atom. The van der Waals surface area contributed by atoms with E-state index >= 15 is 0 Å². The van der Waals surface area contributed by atoms with Gasteiger partial charge in [-0.3, -0.25) is 0 Å². The average molecular weight is 612 g/mol. The van der Waals surface area contributed by atoms with E-state index in [1.807, 2.05) is 0 Å². The molecule has 0 saturated heterocycles. The van der Waals surface area contributed by atoms with Gasteiger partial charge in [-0.05, 0) is 0 Å². The van der Waals surface area contributed by atoms with Gasteiger partial charge in [0.15, 0.2) is 0 Å². The van der Waals surface area contributed by atoms with Gasteiger partial charge >= 0.3 is 184 Å². The zero-order valence-electron chi connectivity index (χ0n) is 15.4. The fraction of sp³-hybridized carbons (Fsp3) is 0.333. The Labute approximate surface area is 184 Å². The van der Waals surface area contributed by atoms with Gasteiger partial charge in [0.2, 0.25) is 0 Å².